The van der Waals surface area contributed by atoms with E-state index in [1.165, 1.54) is 0 Å². The summed E-state index contributed by atoms with van der Waals surface area (Å²) in [5, 5.41) is 0. The summed E-state index contributed by atoms with van der Waals surface area (Å²) in [5.41, 5.74) is 7.21. The van der Waals surface area contributed by atoms with Crippen LogP contribution in [-0.2, 0) is 0 Å². The maximum absolute atomic E-state index is 5.58. The fourth-order valence-corrected chi connectivity index (χ4v) is 0.732. The van der Waals surface area contributed by atoms with E-state index in [1.807, 2.05) is 24.3 Å². The molecule has 1 aromatic carbocycles. The molecule has 10 heavy (non-hydrogen) atoms. The van der Waals surface area contributed by atoms with Crippen LogP contribution in [0.3, 0.4) is 0 Å². The largest absolute Gasteiger partial charge is 0.398 e. The lowest BCUT2D eigenvalue weighted by Gasteiger charge is -1.97. The van der Waals surface area contributed by atoms with Crippen LogP contribution in [0.2, 0.25) is 0 Å². The van der Waals surface area contributed by atoms with Crippen molar-refractivity contribution in [3.05, 3.63) is 36.2 Å². The Bertz CT molecular complexity index is 258. The molecule has 0 aliphatic rings. The van der Waals surface area contributed by atoms with Crippen molar-refractivity contribution in [3.8, 4) is 12.3 Å². The minimum Gasteiger partial charge on any atom is -0.398 e. The molecule has 0 aliphatic heterocycles. The van der Waals surface area contributed by atoms with Crippen LogP contribution in [0.1, 0.15) is 5.56 Å². The summed E-state index contributed by atoms with van der Waals surface area (Å²) < 4.78 is 0. The van der Waals surface area contributed by atoms with E-state index in [1.54, 1.807) is 6.42 Å². The first-order valence-corrected chi connectivity index (χ1v) is 2.98. The third kappa shape index (κ3) is 1.29. The minimum atomic E-state index is 0.723. The van der Waals surface area contributed by atoms with Crippen LogP contribution in [0.4, 0.5) is 5.69 Å². The molecule has 0 unspecified atom stereocenters. The first-order valence-electron chi connectivity index (χ1n) is 2.98. The molecule has 0 bridgehead atoms. The summed E-state index contributed by atoms with van der Waals surface area (Å²) >= 11 is 0. The van der Waals surface area contributed by atoms with Gasteiger partial charge in [-0.25, -0.2) is 0 Å². The predicted molar refractivity (Wildman–Crippen MR) is 43.1 cm³/mol. The highest BCUT2D eigenvalue weighted by Gasteiger charge is 1.92. The van der Waals surface area contributed by atoms with E-state index in [0.717, 1.165) is 11.3 Å². The van der Waals surface area contributed by atoms with Crippen LogP contribution in [0.25, 0.3) is 0 Å². The van der Waals surface area contributed by atoms with Crippen LogP contribution >= 0.6 is 0 Å². The van der Waals surface area contributed by atoms with Gasteiger partial charge in [0.2, 0.25) is 0 Å². The van der Waals surface area contributed by atoms with Gasteiger partial charge < -0.3 is 5.73 Å². The zero-order valence-electron chi connectivity index (χ0n) is 5.54. The molecule has 2 N–H and O–H groups in total. The van der Waals surface area contributed by atoms with Crippen LogP contribution in [0.5, 0.6) is 0 Å². The number of para-hydroxylation sites is 1. The zero-order valence-corrected chi connectivity index (χ0v) is 5.54. The molecule has 49 valence electrons. The molecule has 0 aromatic heterocycles. The molecular formula is C9H8N. The van der Waals surface area contributed by atoms with Crippen LogP contribution in [0, 0.1) is 18.8 Å². The number of benzene rings is 1. The van der Waals surface area contributed by atoms with Gasteiger partial charge in [-0.2, -0.15) is 0 Å². The number of nitrogen functional groups attached to an aromatic ring is 1. The van der Waals surface area contributed by atoms with Gasteiger partial charge in [-0.05, 0) is 11.6 Å². The average molecular weight is 130 g/mol. The summed E-state index contributed by atoms with van der Waals surface area (Å²) in [6, 6.07) is 7.49. The van der Waals surface area contributed by atoms with E-state index in [-0.39, 0.29) is 0 Å². The Morgan fingerprint density at radius 3 is 2.70 bits per heavy atom. The van der Waals surface area contributed by atoms with Crippen molar-refractivity contribution < 1.29 is 0 Å². The maximum Gasteiger partial charge on any atom is 0.0649 e. The molecule has 1 heteroatoms. The van der Waals surface area contributed by atoms with E-state index in [2.05, 4.69) is 5.92 Å². The highest BCUT2D eigenvalue weighted by atomic mass is 14.5. The second kappa shape index (κ2) is 2.93. The molecule has 0 atom stereocenters. The lowest BCUT2D eigenvalue weighted by molar-refractivity contribution is 1.55. The van der Waals surface area contributed by atoms with Gasteiger partial charge in [0.1, 0.15) is 0 Å². The highest BCUT2D eigenvalue weighted by molar-refractivity contribution is 5.52. The van der Waals surface area contributed by atoms with Crippen molar-refractivity contribution >= 4 is 5.69 Å². The van der Waals surface area contributed by atoms with Gasteiger partial charge in [-0.15, -0.1) is 6.42 Å². The molecule has 0 spiro atoms. The SMILES string of the molecule is C#C[CH]c1ccccc1N. The molecular weight excluding hydrogens is 122 g/mol. The average Bonchev–Trinajstić information content (AvgIpc) is 1.94. The Kier molecular flexibility index (Phi) is 1.96. The second-order valence-electron chi connectivity index (χ2n) is 1.94. The van der Waals surface area contributed by atoms with Crippen LogP contribution in [0.15, 0.2) is 24.3 Å². The first-order chi connectivity index (χ1) is 4.84. The van der Waals surface area contributed by atoms with E-state index in [4.69, 9.17) is 12.2 Å². The second-order valence-corrected chi connectivity index (χ2v) is 1.94. The topological polar surface area (TPSA) is 26.0 Å². The van der Waals surface area contributed by atoms with Crippen molar-refractivity contribution in [3.63, 3.8) is 0 Å². The van der Waals surface area contributed by atoms with Gasteiger partial charge in [0, 0.05) is 5.69 Å². The van der Waals surface area contributed by atoms with Crippen molar-refractivity contribution in [2.75, 3.05) is 5.73 Å². The summed E-state index contributed by atoms with van der Waals surface area (Å²) in [6.07, 6.45) is 6.72. The van der Waals surface area contributed by atoms with Crippen LogP contribution < -0.4 is 5.73 Å². The highest BCUT2D eigenvalue weighted by Crippen LogP contribution is 2.11. The third-order valence-corrected chi connectivity index (χ3v) is 1.23. The summed E-state index contributed by atoms with van der Waals surface area (Å²) in [6.45, 7) is 0. The molecule has 0 aliphatic carbocycles. The Labute approximate surface area is 60.9 Å². The number of hydrogen-bond acceptors (Lipinski definition) is 1. The molecule has 1 nitrogen and oxygen atoms in total. The van der Waals surface area contributed by atoms with Crippen molar-refractivity contribution in [2.45, 2.75) is 0 Å². The normalized spacial score (nSPS) is 8.70. The zero-order chi connectivity index (χ0) is 7.40. The Balaban J connectivity index is 2.94. The van der Waals surface area contributed by atoms with Gasteiger partial charge in [0.15, 0.2) is 0 Å². The van der Waals surface area contributed by atoms with E-state index in [0.29, 0.717) is 0 Å². The minimum absolute atomic E-state index is 0.723. The Morgan fingerprint density at radius 1 is 1.40 bits per heavy atom. The van der Waals surface area contributed by atoms with E-state index < -0.39 is 0 Å². The van der Waals surface area contributed by atoms with Gasteiger partial charge in [-0.3, -0.25) is 0 Å². The summed E-state index contributed by atoms with van der Waals surface area (Å²) in [4.78, 5) is 0. The van der Waals surface area contributed by atoms with Gasteiger partial charge in [0.05, 0.1) is 6.42 Å². The van der Waals surface area contributed by atoms with Crippen molar-refractivity contribution in [2.24, 2.45) is 0 Å². The first kappa shape index (κ1) is 6.70. The number of terminal acetylenes is 1. The molecule has 1 aromatic rings. The van der Waals surface area contributed by atoms with Crippen molar-refractivity contribution in [1.82, 2.24) is 0 Å². The van der Waals surface area contributed by atoms with Gasteiger partial charge >= 0.3 is 0 Å². The number of hydrogen-bond donors (Lipinski definition) is 1. The number of rotatable bonds is 1. The Hall–Kier alpha value is -1.42. The molecule has 0 heterocycles. The van der Waals surface area contributed by atoms with Gasteiger partial charge in [0.25, 0.3) is 0 Å². The van der Waals surface area contributed by atoms with Crippen molar-refractivity contribution in [1.29, 1.82) is 0 Å². The fourth-order valence-electron chi connectivity index (χ4n) is 0.732. The molecule has 0 saturated heterocycles. The van der Waals surface area contributed by atoms with Gasteiger partial charge in [-0.1, -0.05) is 24.1 Å². The lowest BCUT2D eigenvalue weighted by Crippen LogP contribution is -1.89. The smallest absolute Gasteiger partial charge is 0.0649 e. The lowest BCUT2D eigenvalue weighted by atomic mass is 10.1. The molecule has 0 amide bonds. The molecule has 0 fully saturated rings. The van der Waals surface area contributed by atoms with E-state index in [9.17, 15) is 0 Å². The van der Waals surface area contributed by atoms with Crippen LogP contribution in [-0.4, -0.2) is 0 Å². The predicted octanol–water partition coefficient (Wildman–Crippen LogP) is 1.45. The number of anilines is 1. The summed E-state index contributed by atoms with van der Waals surface area (Å²) in [5.74, 6) is 2.42. The standard InChI is InChI=1S/C9H8N/c1-2-5-8-6-3-4-7-9(8)10/h1,3-7H,10H2. The molecule has 0 saturated carbocycles. The van der Waals surface area contributed by atoms with E-state index >= 15 is 0 Å². The molecule has 1 rings (SSSR count). The third-order valence-electron chi connectivity index (χ3n) is 1.23. The monoisotopic (exact) mass is 130 g/mol. The quantitative estimate of drug-likeness (QED) is 0.452. The summed E-state index contributed by atoms with van der Waals surface area (Å²) in [7, 11) is 0. The maximum atomic E-state index is 5.58. The Morgan fingerprint density at radius 2 is 2.10 bits per heavy atom. The fraction of sp³-hybridized carbons (Fsp3) is 0. The molecule has 1 radical (unpaired) electrons. The number of nitrogens with two attached hydrogens (primary N) is 1.